The van der Waals surface area contributed by atoms with Crippen molar-refractivity contribution in [1.29, 1.82) is 0 Å². The molecule has 0 bridgehead atoms. The van der Waals surface area contributed by atoms with Crippen LogP contribution in [0.5, 0.6) is 5.75 Å². The van der Waals surface area contributed by atoms with Crippen molar-refractivity contribution in [3.05, 3.63) is 72.3 Å². The average molecular weight is 441 g/mol. The first-order valence-electron chi connectivity index (χ1n) is 11.0. The van der Waals surface area contributed by atoms with Gasteiger partial charge in [-0.05, 0) is 48.3 Å². The van der Waals surface area contributed by atoms with E-state index in [0.29, 0.717) is 0 Å². The second-order valence-electron chi connectivity index (χ2n) is 10.3. The highest BCUT2D eigenvalue weighted by atomic mass is 28.4. The number of benzene rings is 2. The van der Waals surface area contributed by atoms with Gasteiger partial charge >= 0.3 is 0 Å². The molecule has 0 aliphatic heterocycles. The van der Waals surface area contributed by atoms with E-state index < -0.39 is 16.4 Å². The molecule has 0 aromatic heterocycles. The van der Waals surface area contributed by atoms with Crippen molar-refractivity contribution >= 4 is 21.6 Å². The van der Waals surface area contributed by atoms with Crippen LogP contribution in [0.15, 0.2) is 66.7 Å². The van der Waals surface area contributed by atoms with Crippen molar-refractivity contribution in [2.75, 3.05) is 7.11 Å². The van der Waals surface area contributed by atoms with E-state index >= 15 is 0 Å². The Bertz CT molecular complexity index is 803. The SMILES string of the molecule is COc1ccc(C(C/C=C/C[Si](C)(C)c2ccccc2)O[Si](C)(C)C(C)(C)C)cc1. The molecule has 0 aliphatic carbocycles. The third-order valence-electron chi connectivity index (χ3n) is 6.43. The van der Waals surface area contributed by atoms with Gasteiger partial charge in [0.1, 0.15) is 5.75 Å². The van der Waals surface area contributed by atoms with E-state index in [4.69, 9.17) is 9.16 Å². The molecule has 0 N–H and O–H groups in total. The van der Waals surface area contributed by atoms with Gasteiger partial charge in [0, 0.05) is 0 Å². The zero-order valence-electron chi connectivity index (χ0n) is 20.2. The second-order valence-corrected chi connectivity index (χ2v) is 19.8. The van der Waals surface area contributed by atoms with E-state index in [1.165, 1.54) is 10.8 Å². The molecule has 0 spiro atoms. The topological polar surface area (TPSA) is 18.5 Å². The fourth-order valence-electron chi connectivity index (χ4n) is 3.21. The van der Waals surface area contributed by atoms with Crippen molar-refractivity contribution in [3.8, 4) is 5.75 Å². The Balaban J connectivity index is 2.15. The maximum absolute atomic E-state index is 6.84. The van der Waals surface area contributed by atoms with Gasteiger partial charge in [-0.25, -0.2) is 0 Å². The summed E-state index contributed by atoms with van der Waals surface area (Å²) in [5.41, 5.74) is 1.23. The zero-order valence-corrected chi connectivity index (χ0v) is 22.2. The third-order valence-corrected chi connectivity index (χ3v) is 14.1. The van der Waals surface area contributed by atoms with Gasteiger partial charge in [-0.1, -0.05) is 93.7 Å². The fourth-order valence-corrected chi connectivity index (χ4v) is 6.59. The first kappa shape index (κ1) is 24.6. The number of hydrogen-bond donors (Lipinski definition) is 0. The molecule has 30 heavy (non-hydrogen) atoms. The maximum Gasteiger partial charge on any atom is 0.192 e. The summed E-state index contributed by atoms with van der Waals surface area (Å²) in [7, 11) is -1.63. The molecule has 0 saturated carbocycles. The van der Waals surface area contributed by atoms with Crippen LogP contribution in [0.1, 0.15) is 38.9 Å². The minimum atomic E-state index is -1.88. The molecule has 1 unspecified atom stereocenters. The molecule has 0 fully saturated rings. The van der Waals surface area contributed by atoms with Crippen LogP contribution in [-0.2, 0) is 4.43 Å². The predicted octanol–water partition coefficient (Wildman–Crippen LogP) is 7.32. The van der Waals surface area contributed by atoms with Crippen LogP contribution in [0.25, 0.3) is 0 Å². The van der Waals surface area contributed by atoms with Crippen molar-refractivity contribution in [3.63, 3.8) is 0 Å². The van der Waals surface area contributed by atoms with Gasteiger partial charge in [0.25, 0.3) is 0 Å². The molecular weight excluding hydrogens is 400 g/mol. The van der Waals surface area contributed by atoms with Crippen LogP contribution < -0.4 is 9.92 Å². The quantitative estimate of drug-likeness (QED) is 0.300. The minimum Gasteiger partial charge on any atom is -0.497 e. The van der Waals surface area contributed by atoms with E-state index in [-0.39, 0.29) is 11.1 Å². The van der Waals surface area contributed by atoms with Crippen molar-refractivity contribution in [2.45, 2.75) is 70.6 Å². The van der Waals surface area contributed by atoms with E-state index in [2.05, 4.69) is 102 Å². The fraction of sp³-hybridized carbons (Fsp3) is 0.462. The number of hydrogen-bond acceptors (Lipinski definition) is 2. The Kier molecular flexibility index (Phi) is 8.31. The summed E-state index contributed by atoms with van der Waals surface area (Å²) >= 11 is 0. The molecule has 164 valence electrons. The molecule has 1 atom stereocenters. The lowest BCUT2D eigenvalue weighted by molar-refractivity contribution is 0.186. The van der Waals surface area contributed by atoms with Crippen LogP contribution in [-0.4, -0.2) is 23.5 Å². The number of allylic oxidation sites excluding steroid dienone is 1. The molecular formula is C26H40O2Si2. The Morgan fingerprint density at radius 2 is 1.47 bits per heavy atom. The molecule has 2 aromatic rings. The number of rotatable bonds is 9. The Hall–Kier alpha value is -1.63. The van der Waals surface area contributed by atoms with Crippen molar-refractivity contribution in [1.82, 2.24) is 0 Å². The van der Waals surface area contributed by atoms with Gasteiger partial charge in [-0.3, -0.25) is 0 Å². The van der Waals surface area contributed by atoms with E-state index in [1.807, 2.05) is 12.1 Å². The van der Waals surface area contributed by atoms with Gasteiger partial charge < -0.3 is 9.16 Å². The Labute approximate surface area is 186 Å². The zero-order chi connectivity index (χ0) is 22.4. The summed E-state index contributed by atoms with van der Waals surface area (Å²) < 4.78 is 12.2. The summed E-state index contributed by atoms with van der Waals surface area (Å²) in [6.07, 6.45) is 5.69. The summed E-state index contributed by atoms with van der Waals surface area (Å²) in [4.78, 5) is 0. The molecule has 2 nitrogen and oxygen atoms in total. The highest BCUT2D eigenvalue weighted by molar-refractivity contribution is 6.90. The Morgan fingerprint density at radius 1 is 0.867 bits per heavy atom. The lowest BCUT2D eigenvalue weighted by atomic mass is 10.1. The second kappa shape index (κ2) is 10.1. The maximum atomic E-state index is 6.84. The molecule has 0 amide bonds. The molecule has 4 heteroatoms. The van der Waals surface area contributed by atoms with E-state index in [9.17, 15) is 0 Å². The van der Waals surface area contributed by atoms with Crippen molar-refractivity contribution < 1.29 is 9.16 Å². The summed E-state index contributed by atoms with van der Waals surface area (Å²) in [5.74, 6) is 0.885. The summed E-state index contributed by atoms with van der Waals surface area (Å²) in [6.45, 7) is 16.5. The first-order valence-corrected chi connectivity index (χ1v) is 17.1. The number of methoxy groups -OCH3 is 1. The lowest BCUT2D eigenvalue weighted by Crippen LogP contribution is -2.41. The monoisotopic (exact) mass is 440 g/mol. The molecule has 0 radical (unpaired) electrons. The number of ether oxygens (including phenoxy) is 1. The van der Waals surface area contributed by atoms with Crippen LogP contribution in [0, 0.1) is 0 Å². The lowest BCUT2D eigenvalue weighted by Gasteiger charge is -2.39. The molecule has 2 rings (SSSR count). The van der Waals surface area contributed by atoms with Crippen LogP contribution in [0.2, 0.25) is 37.3 Å². The van der Waals surface area contributed by atoms with Gasteiger partial charge in [-0.15, -0.1) is 0 Å². The standard InChI is InChI=1S/C26H40O2Si2/c1-26(2,3)30(7,8)28-25(22-17-19-23(27-4)20-18-22)16-12-13-21-29(5,6)24-14-10-9-11-15-24/h9-15,17-20,25H,16,21H2,1-8H3/b13-12+. The third kappa shape index (κ3) is 6.69. The Morgan fingerprint density at radius 3 is 2.00 bits per heavy atom. The van der Waals surface area contributed by atoms with Crippen LogP contribution >= 0.6 is 0 Å². The largest absolute Gasteiger partial charge is 0.497 e. The van der Waals surface area contributed by atoms with Crippen molar-refractivity contribution in [2.24, 2.45) is 0 Å². The van der Waals surface area contributed by atoms with Gasteiger partial charge in [0.2, 0.25) is 0 Å². The van der Waals surface area contributed by atoms with Crippen LogP contribution in [0.3, 0.4) is 0 Å². The van der Waals surface area contributed by atoms with Gasteiger partial charge in [0.05, 0.1) is 21.3 Å². The summed E-state index contributed by atoms with van der Waals surface area (Å²) in [6, 6.07) is 20.5. The molecule has 0 saturated heterocycles. The highest BCUT2D eigenvalue weighted by Gasteiger charge is 2.39. The van der Waals surface area contributed by atoms with E-state index in [0.717, 1.165) is 18.2 Å². The minimum absolute atomic E-state index is 0.0783. The average Bonchev–Trinajstić information content (AvgIpc) is 2.70. The van der Waals surface area contributed by atoms with E-state index in [1.54, 1.807) is 7.11 Å². The predicted molar refractivity (Wildman–Crippen MR) is 136 cm³/mol. The van der Waals surface area contributed by atoms with Gasteiger partial charge in [-0.2, -0.15) is 0 Å². The molecule has 0 aliphatic rings. The molecule has 2 aromatic carbocycles. The molecule has 0 heterocycles. The first-order chi connectivity index (χ1) is 14.0. The summed E-state index contributed by atoms with van der Waals surface area (Å²) in [5, 5.41) is 1.70. The van der Waals surface area contributed by atoms with Crippen LogP contribution in [0.4, 0.5) is 0 Å². The smallest absolute Gasteiger partial charge is 0.192 e. The highest BCUT2D eigenvalue weighted by Crippen LogP contribution is 2.40. The normalized spacial score (nSPS) is 14.1. The van der Waals surface area contributed by atoms with Gasteiger partial charge in [0.15, 0.2) is 8.32 Å².